The highest BCUT2D eigenvalue weighted by molar-refractivity contribution is 9.10. The third-order valence-electron chi connectivity index (χ3n) is 2.24. The van der Waals surface area contributed by atoms with E-state index >= 15 is 0 Å². The number of hydrogen-bond donors (Lipinski definition) is 0. The van der Waals surface area contributed by atoms with Gasteiger partial charge in [-0.3, -0.25) is 4.40 Å². The normalized spacial score (nSPS) is 11.3. The first-order valence-electron chi connectivity index (χ1n) is 4.33. The van der Waals surface area contributed by atoms with Gasteiger partial charge >= 0.3 is 0 Å². The SMILES string of the molecule is Clc1nc2ccc(Br)cc2n2ccnc12. The zero-order valence-electron chi connectivity index (χ0n) is 7.48. The fraction of sp³-hybridized carbons (Fsp3) is 0. The maximum absolute atomic E-state index is 6.01. The van der Waals surface area contributed by atoms with E-state index < -0.39 is 0 Å². The number of rotatable bonds is 0. The number of halogens is 2. The van der Waals surface area contributed by atoms with Gasteiger partial charge in [-0.15, -0.1) is 0 Å². The van der Waals surface area contributed by atoms with Crippen LogP contribution < -0.4 is 0 Å². The van der Waals surface area contributed by atoms with E-state index in [2.05, 4.69) is 25.9 Å². The van der Waals surface area contributed by atoms with E-state index in [9.17, 15) is 0 Å². The Morgan fingerprint density at radius 2 is 2.20 bits per heavy atom. The molecule has 15 heavy (non-hydrogen) atoms. The topological polar surface area (TPSA) is 30.2 Å². The minimum atomic E-state index is 0.426. The molecule has 0 spiro atoms. The number of nitrogens with zero attached hydrogens (tertiary/aromatic N) is 3. The van der Waals surface area contributed by atoms with Crippen molar-refractivity contribution in [2.75, 3.05) is 0 Å². The highest BCUT2D eigenvalue weighted by atomic mass is 79.9. The molecule has 0 unspecified atom stereocenters. The maximum atomic E-state index is 6.01. The van der Waals surface area contributed by atoms with Crippen molar-refractivity contribution in [2.45, 2.75) is 0 Å². The van der Waals surface area contributed by atoms with Crippen LogP contribution in [0, 0.1) is 0 Å². The summed E-state index contributed by atoms with van der Waals surface area (Å²) in [5.41, 5.74) is 2.53. The molecule has 0 saturated heterocycles. The third kappa shape index (κ3) is 1.33. The summed E-state index contributed by atoms with van der Waals surface area (Å²) in [5, 5.41) is 0.426. The summed E-state index contributed by atoms with van der Waals surface area (Å²) in [7, 11) is 0. The van der Waals surface area contributed by atoms with Crippen LogP contribution in [0.25, 0.3) is 16.7 Å². The predicted molar refractivity (Wildman–Crippen MR) is 63.2 cm³/mol. The first kappa shape index (κ1) is 9.12. The Kier molecular flexibility index (Phi) is 1.94. The van der Waals surface area contributed by atoms with Gasteiger partial charge in [0.1, 0.15) is 0 Å². The first-order chi connectivity index (χ1) is 7.25. The molecule has 0 aliphatic carbocycles. The monoisotopic (exact) mass is 281 g/mol. The van der Waals surface area contributed by atoms with Gasteiger partial charge in [-0.25, -0.2) is 9.97 Å². The average Bonchev–Trinajstić information content (AvgIpc) is 2.69. The van der Waals surface area contributed by atoms with E-state index in [1.54, 1.807) is 6.20 Å². The van der Waals surface area contributed by atoms with Gasteiger partial charge < -0.3 is 0 Å². The number of hydrogen-bond acceptors (Lipinski definition) is 2. The van der Waals surface area contributed by atoms with E-state index in [0.717, 1.165) is 15.5 Å². The molecule has 2 heterocycles. The highest BCUT2D eigenvalue weighted by Gasteiger charge is 2.07. The average molecular weight is 283 g/mol. The van der Waals surface area contributed by atoms with Crippen LogP contribution in [0.5, 0.6) is 0 Å². The Balaban J connectivity index is 2.61. The van der Waals surface area contributed by atoms with Crippen molar-refractivity contribution in [3.8, 4) is 0 Å². The Hall–Kier alpha value is -1.13. The molecule has 0 fully saturated rings. The van der Waals surface area contributed by atoms with Crippen molar-refractivity contribution in [2.24, 2.45) is 0 Å². The molecular formula is C10H5BrClN3. The molecule has 0 aliphatic heterocycles. The van der Waals surface area contributed by atoms with Gasteiger partial charge in [-0.2, -0.15) is 0 Å². The summed E-state index contributed by atoms with van der Waals surface area (Å²) in [6.07, 6.45) is 3.58. The fourth-order valence-corrected chi connectivity index (χ4v) is 2.17. The minimum Gasteiger partial charge on any atom is -0.296 e. The molecule has 3 aromatic rings. The minimum absolute atomic E-state index is 0.426. The summed E-state index contributed by atoms with van der Waals surface area (Å²) >= 11 is 9.44. The van der Waals surface area contributed by atoms with Gasteiger partial charge in [-0.05, 0) is 18.2 Å². The summed E-state index contributed by atoms with van der Waals surface area (Å²) < 4.78 is 2.93. The Bertz CT molecular complexity index is 662. The molecule has 0 saturated carbocycles. The molecule has 3 nitrogen and oxygen atoms in total. The molecule has 1 aromatic carbocycles. The number of fused-ring (bicyclic) bond motifs is 3. The molecule has 0 aliphatic rings. The van der Waals surface area contributed by atoms with Gasteiger partial charge in [0.15, 0.2) is 10.8 Å². The molecule has 0 N–H and O–H groups in total. The van der Waals surface area contributed by atoms with E-state index in [1.165, 1.54) is 0 Å². The second kappa shape index (κ2) is 3.18. The van der Waals surface area contributed by atoms with Gasteiger partial charge in [0, 0.05) is 16.9 Å². The standard InChI is InChI=1S/C10H5BrClN3/c11-6-1-2-7-8(5-6)15-4-3-13-10(15)9(12)14-7/h1-5H. The molecule has 0 amide bonds. The molecule has 0 atom stereocenters. The quantitative estimate of drug-likeness (QED) is 0.633. The largest absolute Gasteiger partial charge is 0.296 e. The Morgan fingerprint density at radius 1 is 1.33 bits per heavy atom. The molecule has 0 bridgehead atoms. The fourth-order valence-electron chi connectivity index (χ4n) is 1.59. The van der Waals surface area contributed by atoms with Crippen molar-refractivity contribution < 1.29 is 0 Å². The van der Waals surface area contributed by atoms with Gasteiger partial charge in [0.2, 0.25) is 0 Å². The highest BCUT2D eigenvalue weighted by Crippen LogP contribution is 2.23. The Morgan fingerprint density at radius 3 is 3.07 bits per heavy atom. The van der Waals surface area contributed by atoms with Crippen molar-refractivity contribution >= 4 is 44.2 Å². The van der Waals surface area contributed by atoms with Crippen LogP contribution >= 0.6 is 27.5 Å². The van der Waals surface area contributed by atoms with E-state index in [1.807, 2.05) is 28.8 Å². The van der Waals surface area contributed by atoms with Crippen molar-refractivity contribution in [1.29, 1.82) is 0 Å². The van der Waals surface area contributed by atoms with Crippen LogP contribution in [-0.2, 0) is 0 Å². The Labute approximate surface area is 98.8 Å². The summed E-state index contributed by atoms with van der Waals surface area (Å²) in [4.78, 5) is 8.43. The predicted octanol–water partition coefficient (Wildman–Crippen LogP) is 3.30. The van der Waals surface area contributed by atoms with E-state index in [-0.39, 0.29) is 0 Å². The maximum Gasteiger partial charge on any atom is 0.175 e. The molecule has 5 heteroatoms. The lowest BCUT2D eigenvalue weighted by molar-refractivity contribution is 1.21. The van der Waals surface area contributed by atoms with Gasteiger partial charge in [0.25, 0.3) is 0 Å². The summed E-state index contributed by atoms with van der Waals surface area (Å²) in [5.74, 6) is 0. The van der Waals surface area contributed by atoms with Crippen LogP contribution in [0.15, 0.2) is 35.1 Å². The van der Waals surface area contributed by atoms with Crippen LogP contribution in [-0.4, -0.2) is 14.4 Å². The van der Waals surface area contributed by atoms with Crippen LogP contribution in [0.3, 0.4) is 0 Å². The summed E-state index contributed by atoms with van der Waals surface area (Å²) in [6, 6.07) is 5.85. The van der Waals surface area contributed by atoms with Crippen LogP contribution in [0.4, 0.5) is 0 Å². The number of benzene rings is 1. The van der Waals surface area contributed by atoms with Crippen LogP contribution in [0.2, 0.25) is 5.15 Å². The zero-order chi connectivity index (χ0) is 10.4. The smallest absolute Gasteiger partial charge is 0.175 e. The van der Waals surface area contributed by atoms with Gasteiger partial charge in [0.05, 0.1) is 11.0 Å². The van der Waals surface area contributed by atoms with Crippen molar-refractivity contribution in [3.05, 3.63) is 40.2 Å². The van der Waals surface area contributed by atoms with Crippen LogP contribution in [0.1, 0.15) is 0 Å². The van der Waals surface area contributed by atoms with E-state index in [0.29, 0.717) is 10.8 Å². The molecule has 74 valence electrons. The molecule has 2 aromatic heterocycles. The second-order valence-corrected chi connectivity index (χ2v) is 4.43. The molecule has 0 radical (unpaired) electrons. The van der Waals surface area contributed by atoms with Gasteiger partial charge in [-0.1, -0.05) is 27.5 Å². The second-order valence-electron chi connectivity index (χ2n) is 3.16. The number of imidazole rings is 1. The van der Waals surface area contributed by atoms with Crippen molar-refractivity contribution in [3.63, 3.8) is 0 Å². The summed E-state index contributed by atoms with van der Waals surface area (Å²) in [6.45, 7) is 0. The lowest BCUT2D eigenvalue weighted by atomic mass is 10.3. The van der Waals surface area contributed by atoms with Crippen molar-refractivity contribution in [1.82, 2.24) is 14.4 Å². The lowest BCUT2D eigenvalue weighted by Gasteiger charge is -2.03. The zero-order valence-corrected chi connectivity index (χ0v) is 9.83. The molecule has 3 rings (SSSR count). The third-order valence-corrected chi connectivity index (χ3v) is 2.99. The molecular weight excluding hydrogens is 277 g/mol. The first-order valence-corrected chi connectivity index (χ1v) is 5.50. The van der Waals surface area contributed by atoms with E-state index in [4.69, 9.17) is 11.6 Å². The number of aromatic nitrogens is 3. The lowest BCUT2D eigenvalue weighted by Crippen LogP contribution is -1.91.